The minimum absolute atomic E-state index is 0.0111. The van der Waals surface area contributed by atoms with Crippen LogP contribution in [0.1, 0.15) is 90.2 Å². The van der Waals surface area contributed by atoms with Crippen molar-refractivity contribution in [1.82, 2.24) is 4.90 Å². The highest BCUT2D eigenvalue weighted by molar-refractivity contribution is 7.09. The molecule has 0 spiro atoms. The van der Waals surface area contributed by atoms with Gasteiger partial charge in [-0.15, -0.1) is 11.3 Å². The standard InChI is InChI=1S/C46H47F2NO5S/c1-30-7-5-21-45(2)40(38-17-12-31(25-35(50)15-11-30)26-39(38)43(51)34-14-18-41(47)42(48)28-34)19-22-46(45,53)29-49(23-20-37-10-6-24-55-37)44(52)54-36-16-13-32-8-3-4-9-33(32)27-36/h3-4,6-10,12-14,16-18,24,26-28,35,40,50,53H,5,11,15,19-23,25,29H2,1-2H3. The zero-order valence-electron chi connectivity index (χ0n) is 31.3. The SMILES string of the molecule is CC1=CCCC2(C)C(CCC2(O)CN(CCc2cccs2)C(=O)Oc2ccc3ccccc3c2)c2ccc(cc2C(=O)c2ccc(F)c(F)c2)CC(O)CC1. The van der Waals surface area contributed by atoms with Crippen molar-refractivity contribution in [3.8, 4) is 5.75 Å². The van der Waals surface area contributed by atoms with Crippen LogP contribution in [-0.2, 0) is 12.8 Å². The maximum absolute atomic E-state index is 14.5. The molecule has 55 heavy (non-hydrogen) atoms. The molecule has 1 amide bonds. The number of benzene rings is 4. The maximum atomic E-state index is 14.5. The van der Waals surface area contributed by atoms with Crippen LogP contribution >= 0.6 is 11.3 Å². The van der Waals surface area contributed by atoms with Gasteiger partial charge in [0.05, 0.1) is 18.2 Å². The first-order chi connectivity index (χ1) is 26.4. The molecule has 1 heterocycles. The normalized spacial score (nSPS) is 22.8. The smallest absolute Gasteiger partial charge is 0.410 e. The summed E-state index contributed by atoms with van der Waals surface area (Å²) in [6, 6.07) is 26.1. The van der Waals surface area contributed by atoms with Crippen LogP contribution < -0.4 is 4.74 Å². The lowest BCUT2D eigenvalue weighted by molar-refractivity contribution is -0.0789. The molecule has 4 aromatic carbocycles. The van der Waals surface area contributed by atoms with Crippen molar-refractivity contribution in [3.05, 3.63) is 147 Å². The van der Waals surface area contributed by atoms with Crippen molar-refractivity contribution < 1.29 is 33.3 Å². The highest BCUT2D eigenvalue weighted by Gasteiger charge is 2.57. The van der Waals surface area contributed by atoms with E-state index in [9.17, 15) is 28.6 Å². The number of halogens is 2. The van der Waals surface area contributed by atoms with Gasteiger partial charge in [-0.1, -0.05) is 67.1 Å². The average molecular weight is 764 g/mol. The summed E-state index contributed by atoms with van der Waals surface area (Å²) in [5.74, 6) is -2.52. The average Bonchev–Trinajstić information content (AvgIpc) is 3.78. The number of ketones is 1. The number of hydrogen-bond acceptors (Lipinski definition) is 6. The monoisotopic (exact) mass is 763 g/mol. The third-order valence-electron chi connectivity index (χ3n) is 11.9. The van der Waals surface area contributed by atoms with Gasteiger partial charge in [0.25, 0.3) is 0 Å². The Balaban J connectivity index is 1.27. The predicted octanol–water partition coefficient (Wildman–Crippen LogP) is 10.2. The summed E-state index contributed by atoms with van der Waals surface area (Å²) in [5.41, 5.74) is 0.750. The number of rotatable bonds is 8. The summed E-state index contributed by atoms with van der Waals surface area (Å²) in [5, 5.41) is 27.9. The maximum Gasteiger partial charge on any atom is 0.415 e. The number of nitrogens with zero attached hydrogens (tertiary/aromatic N) is 1. The summed E-state index contributed by atoms with van der Waals surface area (Å²) in [7, 11) is 0. The molecule has 4 atom stereocenters. The first kappa shape index (κ1) is 38.6. The number of aliphatic hydroxyl groups excluding tert-OH is 1. The number of carbonyl (C=O) groups excluding carboxylic acids is 2. The topological polar surface area (TPSA) is 87.1 Å². The first-order valence-corrected chi connectivity index (χ1v) is 20.0. The fraction of sp³-hybridized carbons (Fsp3) is 0.348. The quantitative estimate of drug-likeness (QED) is 0.121. The summed E-state index contributed by atoms with van der Waals surface area (Å²) in [6.45, 7) is 4.44. The molecule has 1 aromatic heterocycles. The molecule has 9 heteroatoms. The van der Waals surface area contributed by atoms with Gasteiger partial charge in [-0.3, -0.25) is 4.79 Å². The van der Waals surface area contributed by atoms with Crippen molar-refractivity contribution in [2.24, 2.45) is 5.41 Å². The number of allylic oxidation sites excluding steroid dienone is 2. The zero-order chi connectivity index (χ0) is 38.7. The van der Waals surface area contributed by atoms with Gasteiger partial charge >= 0.3 is 6.09 Å². The third kappa shape index (κ3) is 8.30. The van der Waals surface area contributed by atoms with Gasteiger partial charge in [0.1, 0.15) is 5.75 Å². The van der Waals surface area contributed by atoms with Gasteiger partial charge in [-0.25, -0.2) is 13.6 Å². The van der Waals surface area contributed by atoms with Gasteiger partial charge in [-0.05, 0) is 134 Å². The predicted molar refractivity (Wildman–Crippen MR) is 213 cm³/mol. The van der Waals surface area contributed by atoms with Crippen LogP contribution in [0, 0.1) is 17.0 Å². The van der Waals surface area contributed by atoms with Gasteiger partial charge in [-0.2, -0.15) is 0 Å². The molecular weight excluding hydrogens is 717 g/mol. The molecule has 0 aliphatic heterocycles. The van der Waals surface area contributed by atoms with Crippen LogP contribution in [0.3, 0.4) is 0 Å². The number of hydrogen-bond donors (Lipinski definition) is 2. The third-order valence-corrected chi connectivity index (χ3v) is 12.9. The van der Waals surface area contributed by atoms with Crippen LogP contribution in [0.25, 0.3) is 10.8 Å². The Labute approximate surface area is 325 Å². The van der Waals surface area contributed by atoms with E-state index in [0.717, 1.165) is 38.9 Å². The molecule has 0 saturated heterocycles. The van der Waals surface area contributed by atoms with Crippen molar-refractivity contribution in [2.45, 2.75) is 82.8 Å². The number of ether oxygens (including phenoxy) is 1. The number of thiophene rings is 1. The van der Waals surface area contributed by atoms with Gasteiger partial charge in [0.15, 0.2) is 17.4 Å². The van der Waals surface area contributed by atoms with Crippen LogP contribution in [0.15, 0.2) is 108 Å². The second-order valence-corrected chi connectivity index (χ2v) is 16.6. The molecule has 6 nitrogen and oxygen atoms in total. The lowest BCUT2D eigenvalue weighted by Crippen LogP contribution is -2.54. The summed E-state index contributed by atoms with van der Waals surface area (Å²) >= 11 is 1.61. The van der Waals surface area contributed by atoms with E-state index in [2.05, 4.69) is 19.9 Å². The van der Waals surface area contributed by atoms with Gasteiger partial charge < -0.3 is 19.8 Å². The fourth-order valence-electron chi connectivity index (χ4n) is 8.64. The lowest BCUT2D eigenvalue weighted by atomic mass is 9.64. The number of carbonyl (C=O) groups is 2. The zero-order valence-corrected chi connectivity index (χ0v) is 32.1. The summed E-state index contributed by atoms with van der Waals surface area (Å²) in [6.07, 6.45) is 5.20. The molecule has 3 aliphatic rings. The van der Waals surface area contributed by atoms with Crippen LogP contribution in [-0.4, -0.2) is 51.8 Å². The fourth-order valence-corrected chi connectivity index (χ4v) is 9.33. The molecule has 5 aromatic rings. The molecule has 286 valence electrons. The van der Waals surface area contributed by atoms with Crippen LogP contribution in [0.4, 0.5) is 13.6 Å². The van der Waals surface area contributed by atoms with E-state index in [1.807, 2.05) is 66.0 Å². The molecule has 1 fully saturated rings. The Morgan fingerprint density at radius 2 is 1.75 bits per heavy atom. The molecule has 3 aliphatic carbocycles. The van der Waals surface area contributed by atoms with E-state index in [-0.39, 0.29) is 18.0 Å². The number of amides is 1. The molecule has 2 bridgehead atoms. The van der Waals surface area contributed by atoms with Crippen molar-refractivity contribution in [2.75, 3.05) is 13.1 Å². The van der Waals surface area contributed by atoms with Crippen LogP contribution in [0.2, 0.25) is 0 Å². The van der Waals surface area contributed by atoms with Crippen LogP contribution in [0.5, 0.6) is 5.75 Å². The highest BCUT2D eigenvalue weighted by Crippen LogP contribution is 2.59. The highest BCUT2D eigenvalue weighted by atomic mass is 32.1. The van der Waals surface area contributed by atoms with E-state index >= 15 is 0 Å². The van der Waals surface area contributed by atoms with Crippen molar-refractivity contribution in [1.29, 1.82) is 0 Å². The van der Waals surface area contributed by atoms with Gasteiger partial charge in [0.2, 0.25) is 0 Å². The van der Waals surface area contributed by atoms with E-state index in [4.69, 9.17) is 4.74 Å². The minimum Gasteiger partial charge on any atom is -0.410 e. The molecule has 2 N–H and O–H groups in total. The van der Waals surface area contributed by atoms with Gasteiger partial charge in [0, 0.05) is 28.0 Å². The van der Waals surface area contributed by atoms with Crippen molar-refractivity contribution in [3.63, 3.8) is 0 Å². The van der Waals surface area contributed by atoms with E-state index in [1.54, 1.807) is 28.4 Å². The van der Waals surface area contributed by atoms with E-state index in [1.165, 1.54) is 6.07 Å². The molecule has 8 rings (SSSR count). The Bertz CT molecular complexity index is 2220. The lowest BCUT2D eigenvalue weighted by Gasteiger charge is -2.46. The van der Waals surface area contributed by atoms with E-state index in [0.29, 0.717) is 74.8 Å². The summed E-state index contributed by atoms with van der Waals surface area (Å²) < 4.78 is 34.5. The Kier molecular flexibility index (Phi) is 11.3. The molecule has 0 radical (unpaired) electrons. The first-order valence-electron chi connectivity index (χ1n) is 19.1. The van der Waals surface area contributed by atoms with Crippen molar-refractivity contribution >= 4 is 34.0 Å². The largest absolute Gasteiger partial charge is 0.415 e. The molecule has 1 saturated carbocycles. The Morgan fingerprint density at radius 1 is 0.927 bits per heavy atom. The second kappa shape index (κ2) is 16.2. The second-order valence-electron chi connectivity index (χ2n) is 15.5. The molecule has 4 unspecified atom stereocenters. The Hall–Kier alpha value is -4.70. The minimum atomic E-state index is -1.38. The number of aliphatic hydroxyl groups is 2. The number of fused-ring (bicyclic) bond motifs is 9. The molecular formula is C46H47F2NO5S. The van der Waals surface area contributed by atoms with E-state index < -0.39 is 40.6 Å². The summed E-state index contributed by atoms with van der Waals surface area (Å²) in [4.78, 5) is 31.2. The Morgan fingerprint density at radius 3 is 2.53 bits per heavy atom.